The number of hydrogen-bond donors (Lipinski definition) is 3. The molecule has 3 amide bonds. The van der Waals surface area contributed by atoms with Crippen molar-refractivity contribution < 1.29 is 33.6 Å². The van der Waals surface area contributed by atoms with Crippen LogP contribution in [0.5, 0.6) is 0 Å². The van der Waals surface area contributed by atoms with E-state index in [1.165, 1.54) is 24.3 Å². The first-order valence-corrected chi connectivity index (χ1v) is 13.2. The molecule has 3 rings (SSSR count). The summed E-state index contributed by atoms with van der Waals surface area (Å²) in [4.78, 5) is 61.9. The number of amides is 3. The van der Waals surface area contributed by atoms with Crippen LogP contribution in [-0.2, 0) is 36.9 Å². The number of rotatable bonds is 14. The van der Waals surface area contributed by atoms with Gasteiger partial charge in [-0.2, -0.15) is 0 Å². The number of non-ortho nitro benzene ring substituents is 1. The number of nitrogens with zero attached hydrogens (tertiary/aromatic N) is 1. The Morgan fingerprint density at radius 2 is 1.45 bits per heavy atom. The quantitative estimate of drug-likeness (QED) is 0.149. The van der Waals surface area contributed by atoms with E-state index in [2.05, 4.69) is 10.6 Å². The minimum atomic E-state index is -1.43. The molecule has 0 aliphatic rings. The molecule has 0 heterocycles. The predicted octanol–water partition coefficient (Wildman–Crippen LogP) is 3.14. The molecule has 3 aromatic rings. The normalized spacial score (nSPS) is 12.7. The molecule has 220 valence electrons. The summed E-state index contributed by atoms with van der Waals surface area (Å²) in [5.41, 5.74) is 7.30. The summed E-state index contributed by atoms with van der Waals surface area (Å²) < 4.78 is 10.3. The lowest BCUT2D eigenvalue weighted by Gasteiger charge is -2.28. The Hall–Kier alpha value is -5.26. The van der Waals surface area contributed by atoms with Crippen LogP contribution in [0, 0.1) is 10.1 Å². The van der Waals surface area contributed by atoms with E-state index in [4.69, 9.17) is 15.2 Å². The van der Waals surface area contributed by atoms with Crippen molar-refractivity contribution >= 4 is 29.6 Å². The van der Waals surface area contributed by atoms with Gasteiger partial charge >= 0.3 is 12.1 Å². The van der Waals surface area contributed by atoms with Gasteiger partial charge in [0.15, 0.2) is 0 Å². The Morgan fingerprint density at radius 1 is 0.857 bits per heavy atom. The first-order valence-electron chi connectivity index (χ1n) is 13.2. The fraction of sp³-hybridized carbons (Fsp3) is 0.267. The van der Waals surface area contributed by atoms with Crippen molar-refractivity contribution in [1.29, 1.82) is 0 Å². The van der Waals surface area contributed by atoms with Gasteiger partial charge in [-0.1, -0.05) is 72.8 Å². The SMILES string of the molecule is CCOC(=O)C[C@@H](c1ccc([N+](=O)[O-])cc1)[C@@H](NC(=O)[C@@H](Cc1ccccc1)NC(=O)OCc1ccccc1)C(N)=O. The number of nitrogens with one attached hydrogen (secondary N) is 2. The van der Waals surface area contributed by atoms with Gasteiger partial charge in [0.1, 0.15) is 18.7 Å². The number of hydrogen-bond acceptors (Lipinski definition) is 8. The van der Waals surface area contributed by atoms with Crippen molar-refractivity contribution in [2.75, 3.05) is 6.61 Å². The van der Waals surface area contributed by atoms with E-state index in [0.717, 1.165) is 11.1 Å². The number of nitro benzene ring substituents is 1. The number of esters is 1. The monoisotopic (exact) mass is 576 g/mol. The zero-order valence-electron chi connectivity index (χ0n) is 22.9. The highest BCUT2D eigenvalue weighted by Crippen LogP contribution is 2.27. The van der Waals surface area contributed by atoms with E-state index in [1.54, 1.807) is 61.5 Å². The van der Waals surface area contributed by atoms with Gasteiger partial charge in [-0.3, -0.25) is 24.5 Å². The number of carbonyl (C=O) groups excluding carboxylic acids is 4. The average Bonchev–Trinajstić information content (AvgIpc) is 2.98. The van der Waals surface area contributed by atoms with Crippen molar-refractivity contribution in [1.82, 2.24) is 10.6 Å². The van der Waals surface area contributed by atoms with Gasteiger partial charge in [-0.15, -0.1) is 0 Å². The molecule has 3 atom stereocenters. The largest absolute Gasteiger partial charge is 0.466 e. The molecular formula is C30H32N4O8. The first kappa shape index (κ1) is 31.3. The van der Waals surface area contributed by atoms with Crippen molar-refractivity contribution in [3.05, 3.63) is 112 Å². The fourth-order valence-electron chi connectivity index (χ4n) is 4.26. The smallest absolute Gasteiger partial charge is 0.408 e. The topological polar surface area (TPSA) is 180 Å². The zero-order valence-corrected chi connectivity index (χ0v) is 22.9. The van der Waals surface area contributed by atoms with Crippen molar-refractivity contribution in [3.8, 4) is 0 Å². The van der Waals surface area contributed by atoms with Gasteiger partial charge in [-0.25, -0.2) is 4.79 Å². The van der Waals surface area contributed by atoms with Crippen molar-refractivity contribution in [3.63, 3.8) is 0 Å². The molecule has 0 bridgehead atoms. The van der Waals surface area contributed by atoms with Gasteiger partial charge < -0.3 is 25.8 Å². The molecule has 12 heteroatoms. The van der Waals surface area contributed by atoms with Crippen molar-refractivity contribution in [2.45, 2.75) is 44.4 Å². The molecule has 0 saturated heterocycles. The molecule has 0 fully saturated rings. The van der Waals surface area contributed by atoms with Crippen LogP contribution in [0.15, 0.2) is 84.9 Å². The van der Waals surface area contributed by atoms with Crippen LogP contribution >= 0.6 is 0 Å². The maximum absolute atomic E-state index is 13.6. The minimum Gasteiger partial charge on any atom is -0.466 e. The molecule has 0 saturated carbocycles. The van der Waals surface area contributed by atoms with E-state index < -0.39 is 46.8 Å². The van der Waals surface area contributed by atoms with Crippen LogP contribution in [0.3, 0.4) is 0 Å². The second-order valence-corrected chi connectivity index (χ2v) is 9.30. The molecule has 42 heavy (non-hydrogen) atoms. The summed E-state index contributed by atoms with van der Waals surface area (Å²) in [6.07, 6.45) is -1.15. The fourth-order valence-corrected chi connectivity index (χ4v) is 4.26. The highest BCUT2D eigenvalue weighted by Gasteiger charge is 2.34. The van der Waals surface area contributed by atoms with Crippen LogP contribution in [0.4, 0.5) is 10.5 Å². The maximum atomic E-state index is 13.6. The molecule has 0 radical (unpaired) electrons. The Labute approximate surface area is 242 Å². The van der Waals surface area contributed by atoms with Gasteiger partial charge in [0, 0.05) is 24.5 Å². The zero-order chi connectivity index (χ0) is 30.5. The van der Waals surface area contributed by atoms with Gasteiger partial charge in [0.25, 0.3) is 5.69 Å². The van der Waals surface area contributed by atoms with Crippen LogP contribution in [0.2, 0.25) is 0 Å². The van der Waals surface area contributed by atoms with E-state index in [0.29, 0.717) is 5.56 Å². The highest BCUT2D eigenvalue weighted by atomic mass is 16.6. The lowest BCUT2D eigenvalue weighted by atomic mass is 9.87. The molecular weight excluding hydrogens is 544 g/mol. The van der Waals surface area contributed by atoms with Crippen LogP contribution < -0.4 is 16.4 Å². The number of nitro groups is 1. The number of nitrogens with two attached hydrogens (primary N) is 1. The third-order valence-corrected chi connectivity index (χ3v) is 6.33. The predicted molar refractivity (Wildman–Crippen MR) is 152 cm³/mol. The summed E-state index contributed by atoms with van der Waals surface area (Å²) in [5, 5.41) is 16.3. The maximum Gasteiger partial charge on any atom is 0.408 e. The molecule has 3 aromatic carbocycles. The lowest BCUT2D eigenvalue weighted by molar-refractivity contribution is -0.384. The van der Waals surface area contributed by atoms with Crippen LogP contribution in [0.1, 0.15) is 36.0 Å². The number of primary amides is 1. The summed E-state index contributed by atoms with van der Waals surface area (Å²) in [6.45, 7) is 1.66. The Balaban J connectivity index is 1.85. The van der Waals surface area contributed by atoms with E-state index in [9.17, 15) is 29.3 Å². The number of carbonyl (C=O) groups is 4. The second-order valence-electron chi connectivity index (χ2n) is 9.30. The van der Waals surface area contributed by atoms with Gasteiger partial charge in [0.05, 0.1) is 18.0 Å². The molecule has 12 nitrogen and oxygen atoms in total. The summed E-state index contributed by atoms with van der Waals surface area (Å²) in [7, 11) is 0. The molecule has 0 aliphatic heterocycles. The molecule has 4 N–H and O–H groups in total. The van der Waals surface area contributed by atoms with Gasteiger partial charge in [0.2, 0.25) is 11.8 Å². The third-order valence-electron chi connectivity index (χ3n) is 6.33. The number of benzene rings is 3. The van der Waals surface area contributed by atoms with E-state index >= 15 is 0 Å². The summed E-state index contributed by atoms with van der Waals surface area (Å²) in [6, 6.07) is 20.4. The van der Waals surface area contributed by atoms with E-state index in [1.807, 2.05) is 6.07 Å². The summed E-state index contributed by atoms with van der Waals surface area (Å²) >= 11 is 0. The Bertz CT molecular complexity index is 1370. The summed E-state index contributed by atoms with van der Waals surface area (Å²) in [5.74, 6) is -3.39. The third kappa shape index (κ3) is 9.44. The van der Waals surface area contributed by atoms with Crippen LogP contribution in [-0.4, -0.2) is 47.5 Å². The molecule has 0 unspecified atom stereocenters. The highest BCUT2D eigenvalue weighted by molar-refractivity contribution is 5.92. The Morgan fingerprint density at radius 3 is 2.00 bits per heavy atom. The molecule has 0 aromatic heterocycles. The molecule has 0 spiro atoms. The Kier molecular flexibility index (Phi) is 11.5. The number of ether oxygens (including phenoxy) is 2. The average molecular weight is 577 g/mol. The second kappa shape index (κ2) is 15.5. The lowest BCUT2D eigenvalue weighted by Crippen LogP contribution is -2.55. The first-order chi connectivity index (χ1) is 20.2. The van der Waals surface area contributed by atoms with Crippen LogP contribution in [0.25, 0.3) is 0 Å². The standard InChI is InChI=1S/C30H32N4O8/c1-2-41-26(35)18-24(22-13-15-23(16-14-22)34(39)40)27(28(31)36)33-29(37)25(17-20-9-5-3-6-10-20)32-30(38)42-19-21-11-7-4-8-12-21/h3-16,24-25,27H,2,17-19H2,1H3,(H2,31,36)(H,32,38)(H,33,37)/t24-,25+,27+/m0/s1. The van der Waals surface area contributed by atoms with E-state index in [-0.39, 0.29) is 31.7 Å². The molecule has 0 aliphatic carbocycles. The van der Waals surface area contributed by atoms with Gasteiger partial charge in [-0.05, 0) is 23.6 Å². The minimum absolute atomic E-state index is 0.0297. The van der Waals surface area contributed by atoms with Crippen molar-refractivity contribution in [2.24, 2.45) is 5.73 Å². The number of alkyl carbamates (subject to hydrolysis) is 1.